The van der Waals surface area contributed by atoms with Gasteiger partial charge in [-0.25, -0.2) is 0 Å². The number of unbranched alkanes of at least 4 members (excludes halogenated alkanes) is 1. The SMILES string of the molecule is CCCC(=O)O.CCCC=O.O=C1CCCCC1.O=C1[CH+]CCCCO1. The third-order valence-electron chi connectivity index (χ3n) is 3.44. The van der Waals surface area contributed by atoms with E-state index in [-0.39, 0.29) is 5.97 Å². The molecule has 0 aromatic rings. The number of ketones is 1. The predicted octanol–water partition coefficient (Wildman–Crippen LogP) is 4.29. The van der Waals surface area contributed by atoms with E-state index in [2.05, 4.69) is 0 Å². The van der Waals surface area contributed by atoms with Crippen molar-refractivity contribution in [2.45, 2.75) is 90.9 Å². The van der Waals surface area contributed by atoms with Crippen molar-refractivity contribution in [2.24, 2.45) is 0 Å². The fourth-order valence-corrected chi connectivity index (χ4v) is 1.98. The monoisotopic (exact) mass is 371 g/mol. The Morgan fingerprint density at radius 3 is 2.08 bits per heavy atom. The van der Waals surface area contributed by atoms with Crippen LogP contribution in [0.25, 0.3) is 0 Å². The molecule has 6 heteroatoms. The van der Waals surface area contributed by atoms with Gasteiger partial charge in [-0.15, -0.1) is 0 Å². The second-order valence-corrected chi connectivity index (χ2v) is 6.07. The third-order valence-corrected chi connectivity index (χ3v) is 3.44. The molecular formula is C20H35O6+. The van der Waals surface area contributed by atoms with Crippen molar-refractivity contribution >= 4 is 24.0 Å². The van der Waals surface area contributed by atoms with Crippen LogP contribution in [0.1, 0.15) is 90.9 Å². The van der Waals surface area contributed by atoms with Crippen LogP contribution in [-0.4, -0.2) is 35.7 Å². The van der Waals surface area contributed by atoms with Crippen LogP contribution in [0.15, 0.2) is 0 Å². The number of cyclic esters (lactones) is 1. The first-order valence-electron chi connectivity index (χ1n) is 9.64. The van der Waals surface area contributed by atoms with Crippen LogP contribution in [0.4, 0.5) is 0 Å². The summed E-state index contributed by atoms with van der Waals surface area (Å²) in [5.41, 5.74) is 0. The molecule has 2 aliphatic rings. The highest BCUT2D eigenvalue weighted by atomic mass is 16.5. The Kier molecular flexibility index (Phi) is 21.5. The van der Waals surface area contributed by atoms with Crippen LogP contribution in [0.5, 0.6) is 0 Å². The third kappa shape index (κ3) is 24.4. The molecule has 2 fully saturated rings. The smallest absolute Gasteiger partial charge is 0.481 e. The number of esters is 1. The molecule has 26 heavy (non-hydrogen) atoms. The minimum Gasteiger partial charge on any atom is -0.481 e. The van der Waals surface area contributed by atoms with Crippen LogP contribution in [0, 0.1) is 6.42 Å². The van der Waals surface area contributed by atoms with E-state index in [0.717, 1.165) is 64.1 Å². The Labute approximate surface area is 157 Å². The fourth-order valence-electron chi connectivity index (χ4n) is 1.98. The lowest BCUT2D eigenvalue weighted by Crippen LogP contribution is -2.02. The van der Waals surface area contributed by atoms with Gasteiger partial charge in [-0.3, -0.25) is 9.59 Å². The van der Waals surface area contributed by atoms with Crippen LogP contribution >= 0.6 is 0 Å². The standard InChI is InChI=1S/C6H9O2.C6H10O.C4H8O2.C4H8O/c7-6-4-2-1-3-5-8-6;7-6-4-2-1-3-5-6;1-2-3-4(5)6;1-2-3-4-5/h4H,1-3,5H2;1-5H2;2-3H2,1H3,(H,5,6);4H,2-3H2,1H3/q+1;;;. The van der Waals surface area contributed by atoms with Gasteiger partial charge in [0.2, 0.25) is 0 Å². The largest absolute Gasteiger partial charge is 0.496 e. The van der Waals surface area contributed by atoms with Gasteiger partial charge < -0.3 is 14.6 Å². The number of aldehydes is 1. The van der Waals surface area contributed by atoms with Gasteiger partial charge in [0.25, 0.3) is 0 Å². The summed E-state index contributed by atoms with van der Waals surface area (Å²) in [6.45, 7) is 4.43. The minimum atomic E-state index is -0.711. The molecule has 1 saturated carbocycles. The summed E-state index contributed by atoms with van der Waals surface area (Å²) in [6.07, 6.45) is 13.5. The highest BCUT2D eigenvalue weighted by Crippen LogP contribution is 2.12. The lowest BCUT2D eigenvalue weighted by Gasteiger charge is -2.05. The number of carboxylic acids is 1. The van der Waals surface area contributed by atoms with E-state index in [1.54, 1.807) is 6.42 Å². The molecule has 2 rings (SSSR count). The number of ether oxygens (including phenoxy) is 1. The molecule has 0 bridgehead atoms. The molecule has 0 aromatic heterocycles. The van der Waals surface area contributed by atoms with Gasteiger partial charge in [0.1, 0.15) is 18.5 Å². The topological polar surface area (TPSA) is 97.7 Å². The molecule has 1 aliphatic carbocycles. The number of rotatable bonds is 4. The van der Waals surface area contributed by atoms with E-state index in [1.807, 2.05) is 13.8 Å². The van der Waals surface area contributed by atoms with Gasteiger partial charge in [0.15, 0.2) is 6.42 Å². The first-order chi connectivity index (χ1) is 12.5. The van der Waals surface area contributed by atoms with Crippen LogP contribution in [0.2, 0.25) is 0 Å². The number of Topliss-reactive ketones (excluding diaryl/α,β-unsaturated/α-hetero) is 1. The molecule has 0 radical (unpaired) electrons. The highest BCUT2D eigenvalue weighted by Gasteiger charge is 2.16. The van der Waals surface area contributed by atoms with Gasteiger partial charge in [-0.2, -0.15) is 4.79 Å². The highest BCUT2D eigenvalue weighted by molar-refractivity contribution is 5.79. The van der Waals surface area contributed by atoms with Crippen molar-refractivity contribution in [1.82, 2.24) is 0 Å². The zero-order valence-corrected chi connectivity index (χ0v) is 16.3. The van der Waals surface area contributed by atoms with Crippen molar-refractivity contribution in [2.75, 3.05) is 6.61 Å². The quantitative estimate of drug-likeness (QED) is 0.449. The van der Waals surface area contributed by atoms with Crippen LogP contribution in [-0.2, 0) is 23.9 Å². The van der Waals surface area contributed by atoms with Gasteiger partial charge in [0, 0.05) is 25.7 Å². The van der Waals surface area contributed by atoms with Crippen LogP contribution in [0.3, 0.4) is 0 Å². The van der Waals surface area contributed by atoms with E-state index >= 15 is 0 Å². The van der Waals surface area contributed by atoms with Gasteiger partial charge in [-0.1, -0.05) is 20.3 Å². The number of carboxylic acid groups (broad SMARTS) is 1. The van der Waals surface area contributed by atoms with Gasteiger partial charge in [-0.05, 0) is 38.5 Å². The molecule has 1 heterocycles. The molecule has 0 atom stereocenters. The summed E-state index contributed by atoms with van der Waals surface area (Å²) in [5.74, 6) is -0.397. The van der Waals surface area contributed by atoms with E-state index < -0.39 is 5.97 Å². The number of hydrogen-bond donors (Lipinski definition) is 1. The molecule has 1 aliphatic heterocycles. The molecule has 1 saturated heterocycles. The normalized spacial score (nSPS) is 15.8. The van der Waals surface area contributed by atoms with Crippen molar-refractivity contribution in [3.05, 3.63) is 6.42 Å². The second-order valence-electron chi connectivity index (χ2n) is 6.07. The zero-order chi connectivity index (χ0) is 20.0. The molecular weight excluding hydrogens is 336 g/mol. The molecule has 150 valence electrons. The average Bonchev–Trinajstić information content (AvgIpc) is 2.85. The number of carbonyl (C=O) groups excluding carboxylic acids is 3. The maximum Gasteiger partial charge on any atom is 0.496 e. The molecule has 6 nitrogen and oxygen atoms in total. The minimum absolute atomic E-state index is 0.150. The maximum absolute atomic E-state index is 10.5. The van der Waals surface area contributed by atoms with E-state index in [4.69, 9.17) is 9.84 Å². The van der Waals surface area contributed by atoms with Crippen molar-refractivity contribution in [3.8, 4) is 0 Å². The summed E-state index contributed by atoms with van der Waals surface area (Å²) < 4.78 is 4.71. The lowest BCUT2D eigenvalue weighted by atomic mass is 10.00. The lowest BCUT2D eigenvalue weighted by molar-refractivity contribution is -0.139. The number of aliphatic carboxylic acids is 1. The Morgan fingerprint density at radius 2 is 1.73 bits per heavy atom. The molecule has 0 aromatic carbocycles. The van der Waals surface area contributed by atoms with Crippen molar-refractivity contribution < 1.29 is 29.0 Å². The van der Waals surface area contributed by atoms with E-state index in [1.165, 1.54) is 6.42 Å². The summed E-state index contributed by atoms with van der Waals surface area (Å²) in [7, 11) is 0. The summed E-state index contributed by atoms with van der Waals surface area (Å²) >= 11 is 0. The molecule has 1 N–H and O–H groups in total. The Morgan fingerprint density at radius 1 is 1.08 bits per heavy atom. The van der Waals surface area contributed by atoms with Crippen molar-refractivity contribution in [1.29, 1.82) is 0 Å². The fraction of sp³-hybridized carbons (Fsp3) is 0.750. The molecule has 0 spiro atoms. The molecule has 0 amide bonds. The van der Waals surface area contributed by atoms with Crippen molar-refractivity contribution in [3.63, 3.8) is 0 Å². The van der Waals surface area contributed by atoms with E-state index in [0.29, 0.717) is 25.2 Å². The summed E-state index contributed by atoms with van der Waals surface area (Å²) in [6, 6.07) is 0. The molecule has 0 unspecified atom stereocenters. The second kappa shape index (κ2) is 21.2. The Bertz CT molecular complexity index is 360. The average molecular weight is 371 g/mol. The Hall–Kier alpha value is -1.85. The van der Waals surface area contributed by atoms with Crippen LogP contribution < -0.4 is 0 Å². The zero-order valence-electron chi connectivity index (χ0n) is 16.3. The van der Waals surface area contributed by atoms with E-state index in [9.17, 15) is 19.2 Å². The first kappa shape index (κ1) is 26.4. The predicted molar refractivity (Wildman–Crippen MR) is 101 cm³/mol. The summed E-state index contributed by atoms with van der Waals surface area (Å²) in [4.78, 5) is 39.9. The maximum atomic E-state index is 10.5. The number of carbonyl (C=O) groups is 4. The number of hydrogen-bond acceptors (Lipinski definition) is 5. The van der Waals surface area contributed by atoms with Gasteiger partial charge >= 0.3 is 11.9 Å². The first-order valence-corrected chi connectivity index (χ1v) is 9.64. The van der Waals surface area contributed by atoms with Gasteiger partial charge in [0.05, 0.1) is 6.61 Å². The Balaban J connectivity index is 0. The summed E-state index contributed by atoms with van der Waals surface area (Å²) in [5, 5.41) is 7.91.